The molecule has 0 aliphatic carbocycles. The minimum atomic E-state index is -0.0605. The van der Waals surface area contributed by atoms with Crippen molar-refractivity contribution in [2.45, 2.75) is 26.2 Å². The topological polar surface area (TPSA) is 58.4 Å². The van der Waals surface area contributed by atoms with Crippen LogP contribution in [0.25, 0.3) is 0 Å². The highest BCUT2D eigenvalue weighted by Gasteiger charge is 2.06. The number of carbonyl (C=O) groups excluding carboxylic acids is 1. The van der Waals surface area contributed by atoms with E-state index in [-0.39, 0.29) is 6.03 Å². The molecule has 0 saturated heterocycles. The predicted molar refractivity (Wildman–Crippen MR) is 62.3 cm³/mol. The average Bonchev–Trinajstić information content (AvgIpc) is 2.14. The minimum absolute atomic E-state index is 0.0605. The number of hydrogen-bond acceptors (Lipinski definition) is 2. The van der Waals surface area contributed by atoms with Crippen LogP contribution in [-0.4, -0.2) is 36.1 Å². The molecule has 0 aliphatic rings. The van der Waals surface area contributed by atoms with E-state index in [1.54, 1.807) is 11.9 Å². The number of carbonyl (C=O) groups is 1. The number of rotatable bonds is 6. The maximum absolute atomic E-state index is 11.4. The first-order valence-electron chi connectivity index (χ1n) is 4.85. The lowest BCUT2D eigenvalue weighted by molar-refractivity contribution is 0.210. The minimum Gasteiger partial charge on any atom is -0.393 e. The Morgan fingerprint density at radius 1 is 1.57 bits per heavy atom. The molecule has 0 radical (unpaired) electrons. The fourth-order valence-electron chi connectivity index (χ4n) is 0.887. The van der Waals surface area contributed by atoms with E-state index >= 15 is 0 Å². The molecule has 0 saturated carbocycles. The standard InChI is InChI=1S/C9H19N3OS/c1-3-4-6-11-9(13)12(2)7-5-8(10)14/h3-7H2,1-2H3,(H2,10,14)(H,11,13). The van der Waals surface area contributed by atoms with Crippen LogP contribution in [0.3, 0.4) is 0 Å². The molecule has 0 spiro atoms. The third-order valence-corrected chi connectivity index (χ3v) is 2.05. The van der Waals surface area contributed by atoms with Gasteiger partial charge in [0.25, 0.3) is 0 Å². The number of nitrogens with two attached hydrogens (primary N) is 1. The van der Waals surface area contributed by atoms with Crippen molar-refractivity contribution in [2.24, 2.45) is 5.73 Å². The zero-order valence-electron chi connectivity index (χ0n) is 8.88. The highest BCUT2D eigenvalue weighted by atomic mass is 32.1. The van der Waals surface area contributed by atoms with Gasteiger partial charge < -0.3 is 16.0 Å². The summed E-state index contributed by atoms with van der Waals surface area (Å²) >= 11 is 4.73. The van der Waals surface area contributed by atoms with Crippen molar-refractivity contribution in [3.63, 3.8) is 0 Å². The van der Waals surface area contributed by atoms with Gasteiger partial charge in [-0.25, -0.2) is 4.79 Å². The molecular weight excluding hydrogens is 198 g/mol. The molecular formula is C9H19N3OS. The molecule has 0 aromatic heterocycles. The second kappa shape index (κ2) is 7.55. The van der Waals surface area contributed by atoms with Gasteiger partial charge in [-0.2, -0.15) is 0 Å². The maximum atomic E-state index is 11.4. The molecule has 4 nitrogen and oxygen atoms in total. The van der Waals surface area contributed by atoms with Crippen LogP contribution in [0.2, 0.25) is 0 Å². The first-order valence-corrected chi connectivity index (χ1v) is 5.26. The molecule has 0 fully saturated rings. The number of unbranched alkanes of at least 4 members (excludes halogenated alkanes) is 1. The zero-order chi connectivity index (χ0) is 11.0. The van der Waals surface area contributed by atoms with Crippen molar-refractivity contribution in [2.75, 3.05) is 20.1 Å². The van der Waals surface area contributed by atoms with Crippen LogP contribution < -0.4 is 11.1 Å². The van der Waals surface area contributed by atoms with E-state index in [0.29, 0.717) is 18.0 Å². The third-order valence-electron chi connectivity index (χ3n) is 1.85. The molecule has 2 amide bonds. The summed E-state index contributed by atoms with van der Waals surface area (Å²) in [5.41, 5.74) is 5.34. The van der Waals surface area contributed by atoms with Crippen molar-refractivity contribution >= 4 is 23.2 Å². The molecule has 0 rings (SSSR count). The van der Waals surface area contributed by atoms with E-state index in [1.165, 1.54) is 0 Å². The average molecular weight is 217 g/mol. The van der Waals surface area contributed by atoms with Gasteiger partial charge >= 0.3 is 6.03 Å². The van der Waals surface area contributed by atoms with E-state index in [1.807, 2.05) is 0 Å². The van der Waals surface area contributed by atoms with Gasteiger partial charge in [-0.15, -0.1) is 0 Å². The molecule has 0 aliphatic heterocycles. The Balaban J connectivity index is 3.59. The van der Waals surface area contributed by atoms with E-state index in [0.717, 1.165) is 19.4 Å². The first kappa shape index (κ1) is 13.2. The summed E-state index contributed by atoms with van der Waals surface area (Å²) in [4.78, 5) is 13.4. The molecule has 0 unspecified atom stereocenters. The van der Waals surface area contributed by atoms with Crippen molar-refractivity contribution in [1.29, 1.82) is 0 Å². The molecule has 14 heavy (non-hydrogen) atoms. The van der Waals surface area contributed by atoms with Gasteiger partial charge in [0.05, 0.1) is 4.99 Å². The second-order valence-electron chi connectivity index (χ2n) is 3.22. The zero-order valence-corrected chi connectivity index (χ0v) is 9.69. The van der Waals surface area contributed by atoms with Crippen LogP contribution in [0.5, 0.6) is 0 Å². The Morgan fingerprint density at radius 3 is 2.71 bits per heavy atom. The SMILES string of the molecule is CCCCNC(=O)N(C)CCC(N)=S. The predicted octanol–water partition coefficient (Wildman–Crippen LogP) is 1.10. The molecule has 0 aromatic carbocycles. The van der Waals surface area contributed by atoms with Crippen molar-refractivity contribution in [3.8, 4) is 0 Å². The number of hydrogen-bond donors (Lipinski definition) is 2. The van der Waals surface area contributed by atoms with Gasteiger partial charge in [0.2, 0.25) is 0 Å². The van der Waals surface area contributed by atoms with Crippen molar-refractivity contribution in [1.82, 2.24) is 10.2 Å². The van der Waals surface area contributed by atoms with Gasteiger partial charge in [0.15, 0.2) is 0 Å². The van der Waals surface area contributed by atoms with Crippen LogP contribution in [0.4, 0.5) is 4.79 Å². The van der Waals surface area contributed by atoms with Crippen LogP contribution >= 0.6 is 12.2 Å². The number of amides is 2. The fraction of sp³-hybridized carbons (Fsp3) is 0.778. The molecule has 0 atom stereocenters. The second-order valence-corrected chi connectivity index (χ2v) is 3.75. The van der Waals surface area contributed by atoms with Crippen LogP contribution in [0.1, 0.15) is 26.2 Å². The van der Waals surface area contributed by atoms with Crippen LogP contribution in [-0.2, 0) is 0 Å². The summed E-state index contributed by atoms with van der Waals surface area (Å²) < 4.78 is 0. The Morgan fingerprint density at radius 2 is 2.21 bits per heavy atom. The Kier molecular flexibility index (Phi) is 7.10. The van der Waals surface area contributed by atoms with Gasteiger partial charge in [0, 0.05) is 26.6 Å². The van der Waals surface area contributed by atoms with E-state index in [2.05, 4.69) is 12.2 Å². The van der Waals surface area contributed by atoms with Crippen LogP contribution in [0.15, 0.2) is 0 Å². The summed E-state index contributed by atoms with van der Waals surface area (Å²) in [6.45, 7) is 3.39. The molecule has 0 bridgehead atoms. The largest absolute Gasteiger partial charge is 0.393 e. The number of thiocarbonyl (C=S) groups is 1. The molecule has 82 valence electrons. The van der Waals surface area contributed by atoms with E-state index in [9.17, 15) is 4.79 Å². The highest BCUT2D eigenvalue weighted by molar-refractivity contribution is 7.80. The summed E-state index contributed by atoms with van der Waals surface area (Å²) in [5.74, 6) is 0. The highest BCUT2D eigenvalue weighted by Crippen LogP contribution is 1.90. The Bertz CT molecular complexity index is 196. The first-order chi connectivity index (χ1) is 6.57. The number of urea groups is 1. The Hall–Kier alpha value is -0.840. The van der Waals surface area contributed by atoms with Gasteiger partial charge in [-0.1, -0.05) is 25.6 Å². The lowest BCUT2D eigenvalue weighted by Crippen LogP contribution is -2.39. The monoisotopic (exact) mass is 217 g/mol. The van der Waals surface area contributed by atoms with E-state index < -0.39 is 0 Å². The molecule has 3 N–H and O–H groups in total. The van der Waals surface area contributed by atoms with Gasteiger partial charge in [-0.05, 0) is 6.42 Å². The normalized spacial score (nSPS) is 9.57. The maximum Gasteiger partial charge on any atom is 0.317 e. The quantitative estimate of drug-likeness (QED) is 0.517. The van der Waals surface area contributed by atoms with Gasteiger partial charge in [-0.3, -0.25) is 0 Å². The lowest BCUT2D eigenvalue weighted by Gasteiger charge is -2.17. The van der Waals surface area contributed by atoms with Gasteiger partial charge in [0.1, 0.15) is 0 Å². The third kappa shape index (κ3) is 6.65. The summed E-state index contributed by atoms with van der Waals surface area (Å²) in [6, 6.07) is -0.0605. The fourth-order valence-corrected chi connectivity index (χ4v) is 0.978. The lowest BCUT2D eigenvalue weighted by atomic mass is 10.3. The summed E-state index contributed by atoms with van der Waals surface area (Å²) in [7, 11) is 1.74. The number of nitrogens with one attached hydrogen (secondary N) is 1. The number of nitrogens with zero attached hydrogens (tertiary/aromatic N) is 1. The smallest absolute Gasteiger partial charge is 0.317 e. The van der Waals surface area contributed by atoms with Crippen molar-refractivity contribution < 1.29 is 4.79 Å². The summed E-state index contributed by atoms with van der Waals surface area (Å²) in [5, 5.41) is 2.81. The Labute approximate surface area is 90.8 Å². The van der Waals surface area contributed by atoms with Crippen molar-refractivity contribution in [3.05, 3.63) is 0 Å². The summed E-state index contributed by atoms with van der Waals surface area (Å²) in [6.07, 6.45) is 2.67. The molecule has 0 aromatic rings. The van der Waals surface area contributed by atoms with Crippen LogP contribution in [0, 0.1) is 0 Å². The van der Waals surface area contributed by atoms with E-state index in [4.69, 9.17) is 18.0 Å². The molecule has 0 heterocycles. The molecule has 5 heteroatoms.